The summed E-state index contributed by atoms with van der Waals surface area (Å²) in [6, 6.07) is 7.71. The second-order valence-corrected chi connectivity index (χ2v) is 8.39. The van der Waals surface area contributed by atoms with E-state index >= 15 is 0 Å². The van der Waals surface area contributed by atoms with Crippen LogP contribution in [-0.2, 0) is 24.1 Å². The first-order chi connectivity index (χ1) is 16.1. The van der Waals surface area contributed by atoms with E-state index in [1.807, 2.05) is 4.57 Å². The maximum absolute atomic E-state index is 12.5. The molecule has 3 aromatic rings. The first-order valence-corrected chi connectivity index (χ1v) is 11.2. The predicted molar refractivity (Wildman–Crippen MR) is 125 cm³/mol. The number of carboxylic acids is 1. The van der Waals surface area contributed by atoms with Crippen LogP contribution >= 0.6 is 0 Å². The van der Waals surface area contributed by atoms with E-state index in [9.17, 15) is 14.7 Å². The van der Waals surface area contributed by atoms with Gasteiger partial charge in [-0.25, -0.2) is 4.79 Å². The molecule has 0 bridgehead atoms. The number of allylic oxidation sites excluding steroid dienone is 1. The fourth-order valence-electron chi connectivity index (χ4n) is 4.67. The number of aromatic nitrogens is 2. The Labute approximate surface area is 191 Å². The van der Waals surface area contributed by atoms with Gasteiger partial charge in [0.15, 0.2) is 5.43 Å². The highest BCUT2D eigenvalue weighted by Gasteiger charge is 2.23. The molecule has 170 valence electrons. The zero-order valence-corrected chi connectivity index (χ0v) is 18.5. The highest BCUT2D eigenvalue weighted by Crippen LogP contribution is 2.38. The fourth-order valence-corrected chi connectivity index (χ4v) is 4.67. The lowest BCUT2D eigenvalue weighted by molar-refractivity contribution is 0.0694. The zero-order valence-electron chi connectivity index (χ0n) is 18.5. The van der Waals surface area contributed by atoms with E-state index in [2.05, 4.69) is 41.1 Å². The fraction of sp³-hybridized carbons (Fsp3) is 0.308. The molecule has 0 spiro atoms. The third-order valence-corrected chi connectivity index (χ3v) is 6.32. The van der Waals surface area contributed by atoms with Crippen molar-refractivity contribution >= 4 is 12.0 Å². The van der Waals surface area contributed by atoms with Crippen molar-refractivity contribution < 1.29 is 19.4 Å². The van der Waals surface area contributed by atoms with Gasteiger partial charge in [-0.1, -0.05) is 6.08 Å². The molecule has 7 heteroatoms. The van der Waals surface area contributed by atoms with Gasteiger partial charge in [-0.05, 0) is 54.7 Å². The summed E-state index contributed by atoms with van der Waals surface area (Å²) in [6.07, 6.45) is 11.4. The van der Waals surface area contributed by atoms with Gasteiger partial charge in [-0.2, -0.15) is 0 Å². The molecule has 0 saturated carbocycles. The van der Waals surface area contributed by atoms with Crippen LogP contribution in [0.4, 0.5) is 0 Å². The Morgan fingerprint density at radius 1 is 1.15 bits per heavy atom. The number of fused-ring (bicyclic) bond motifs is 4. The number of benzene rings is 1. The number of carboxylic acid groups (broad SMARTS) is 1. The summed E-state index contributed by atoms with van der Waals surface area (Å²) < 4.78 is 15.4. The lowest BCUT2D eigenvalue weighted by atomic mass is 9.95. The van der Waals surface area contributed by atoms with Gasteiger partial charge in [-0.3, -0.25) is 4.79 Å². The molecule has 0 unspecified atom stereocenters. The molecule has 5 rings (SSSR count). The van der Waals surface area contributed by atoms with Crippen LogP contribution in [0.15, 0.2) is 47.5 Å². The number of aromatic carboxylic acids is 1. The van der Waals surface area contributed by atoms with Crippen molar-refractivity contribution in [2.24, 2.45) is 0 Å². The summed E-state index contributed by atoms with van der Waals surface area (Å²) in [5.74, 6) is -0.410. The minimum Gasteiger partial charge on any atom is -0.491 e. The smallest absolute Gasteiger partial charge is 0.341 e. The number of pyridine rings is 1. The first kappa shape index (κ1) is 21.3. The quantitative estimate of drug-likeness (QED) is 0.556. The summed E-state index contributed by atoms with van der Waals surface area (Å²) in [5, 5.41) is 9.35. The molecule has 1 aromatic carbocycles. The lowest BCUT2D eigenvalue weighted by Crippen LogP contribution is -2.22. The summed E-state index contributed by atoms with van der Waals surface area (Å²) in [7, 11) is 1.68. The largest absolute Gasteiger partial charge is 0.491 e. The van der Waals surface area contributed by atoms with Gasteiger partial charge < -0.3 is 23.7 Å². The minimum atomic E-state index is -1.20. The summed E-state index contributed by atoms with van der Waals surface area (Å²) >= 11 is 0. The van der Waals surface area contributed by atoms with Gasteiger partial charge >= 0.3 is 5.97 Å². The maximum Gasteiger partial charge on any atom is 0.341 e. The van der Waals surface area contributed by atoms with Gasteiger partial charge in [0.25, 0.3) is 0 Å². The number of ether oxygens (including phenoxy) is 2. The van der Waals surface area contributed by atoms with Crippen LogP contribution in [0, 0.1) is 0 Å². The molecule has 2 aromatic heterocycles. The Kier molecular flexibility index (Phi) is 5.64. The Hall–Kier alpha value is -3.58. The number of hydrogen-bond donors (Lipinski definition) is 1. The van der Waals surface area contributed by atoms with Crippen molar-refractivity contribution in [1.82, 2.24) is 9.13 Å². The summed E-state index contributed by atoms with van der Waals surface area (Å²) in [5.41, 5.74) is 5.39. The topological polar surface area (TPSA) is 82.7 Å². The van der Waals surface area contributed by atoms with Crippen molar-refractivity contribution in [3.63, 3.8) is 0 Å². The molecule has 2 aliphatic rings. The molecule has 0 atom stereocenters. The highest BCUT2D eigenvalue weighted by molar-refractivity contribution is 5.88. The molecule has 1 aliphatic heterocycles. The van der Waals surface area contributed by atoms with E-state index in [1.54, 1.807) is 7.11 Å². The van der Waals surface area contributed by atoms with Gasteiger partial charge in [0.2, 0.25) is 0 Å². The van der Waals surface area contributed by atoms with Crippen molar-refractivity contribution in [2.45, 2.75) is 32.2 Å². The SMILES string of the molecule is COCCCOc1cc2c(cc1-n1ccc3c1C=CCC3)-c1cc(=O)c(C(=O)O)cn1CC2. The zero-order chi connectivity index (χ0) is 22.9. The Bertz CT molecular complexity index is 1310. The van der Waals surface area contributed by atoms with Crippen molar-refractivity contribution in [3.05, 3.63) is 75.3 Å². The molecule has 1 N–H and O–H groups in total. The lowest BCUT2D eigenvalue weighted by Gasteiger charge is -2.25. The minimum absolute atomic E-state index is 0.204. The first-order valence-electron chi connectivity index (χ1n) is 11.2. The van der Waals surface area contributed by atoms with Crippen molar-refractivity contribution in [1.29, 1.82) is 0 Å². The van der Waals surface area contributed by atoms with E-state index in [1.165, 1.54) is 17.8 Å². The average molecular weight is 447 g/mol. The van der Waals surface area contributed by atoms with E-state index in [0.29, 0.717) is 19.8 Å². The summed E-state index contributed by atoms with van der Waals surface area (Å²) in [4.78, 5) is 23.9. The molecule has 33 heavy (non-hydrogen) atoms. The second-order valence-electron chi connectivity index (χ2n) is 8.39. The van der Waals surface area contributed by atoms with Gasteiger partial charge in [0, 0.05) is 56.4 Å². The van der Waals surface area contributed by atoms with E-state index in [4.69, 9.17) is 9.47 Å². The second kappa shape index (κ2) is 8.75. The molecule has 0 amide bonds. The molecule has 1 aliphatic carbocycles. The molecule has 7 nitrogen and oxygen atoms in total. The Morgan fingerprint density at radius 3 is 2.85 bits per heavy atom. The van der Waals surface area contributed by atoms with Crippen LogP contribution in [0.25, 0.3) is 23.0 Å². The molecule has 0 radical (unpaired) electrons. The van der Waals surface area contributed by atoms with Crippen molar-refractivity contribution in [3.8, 4) is 22.7 Å². The Balaban J connectivity index is 1.65. The number of carbonyl (C=O) groups is 1. The third kappa shape index (κ3) is 3.89. The Morgan fingerprint density at radius 2 is 2.03 bits per heavy atom. The molecular weight excluding hydrogens is 420 g/mol. The van der Waals surface area contributed by atoms with Crippen LogP contribution in [0.1, 0.15) is 40.0 Å². The van der Waals surface area contributed by atoms with Crippen molar-refractivity contribution in [2.75, 3.05) is 20.3 Å². The molecule has 0 fully saturated rings. The van der Waals surface area contributed by atoms with Crippen LogP contribution < -0.4 is 10.2 Å². The van der Waals surface area contributed by atoms with Gasteiger partial charge in [0.1, 0.15) is 11.3 Å². The van der Waals surface area contributed by atoms with E-state index < -0.39 is 11.4 Å². The number of rotatable bonds is 7. The third-order valence-electron chi connectivity index (χ3n) is 6.32. The molecule has 3 heterocycles. The predicted octanol–water partition coefficient (Wildman–Crippen LogP) is 3.94. The number of hydrogen-bond acceptors (Lipinski definition) is 4. The maximum atomic E-state index is 12.5. The standard InChI is InChI=1S/C26H26N2O5/c1-32-11-4-12-33-25-13-18-7-9-27-16-20(26(30)31)24(29)15-22(27)19(18)14-23(25)28-10-8-17-5-2-3-6-21(17)28/h3,6,8,10,13-16H,2,4-5,7,9,11-12H2,1H3,(H,30,31). The van der Waals surface area contributed by atoms with Crippen LogP contribution in [0.3, 0.4) is 0 Å². The number of nitrogens with zero attached hydrogens (tertiary/aromatic N) is 2. The molecule has 0 saturated heterocycles. The number of aryl methyl sites for hydroxylation is 3. The van der Waals surface area contributed by atoms with Crippen LogP contribution in [0.2, 0.25) is 0 Å². The van der Waals surface area contributed by atoms with E-state index in [0.717, 1.165) is 59.6 Å². The van der Waals surface area contributed by atoms with Gasteiger partial charge in [0.05, 0.1) is 18.0 Å². The summed E-state index contributed by atoms with van der Waals surface area (Å²) in [6.45, 7) is 1.77. The van der Waals surface area contributed by atoms with Gasteiger partial charge in [-0.15, -0.1) is 0 Å². The van der Waals surface area contributed by atoms with Crippen LogP contribution in [-0.4, -0.2) is 40.5 Å². The highest BCUT2D eigenvalue weighted by atomic mass is 16.5. The monoisotopic (exact) mass is 446 g/mol. The average Bonchev–Trinajstić information content (AvgIpc) is 3.25. The van der Waals surface area contributed by atoms with Crippen LogP contribution in [0.5, 0.6) is 5.75 Å². The van der Waals surface area contributed by atoms with E-state index in [-0.39, 0.29) is 5.56 Å². The molecular formula is C26H26N2O5. The number of methoxy groups -OCH3 is 1. The normalized spacial score (nSPS) is 13.8.